The van der Waals surface area contributed by atoms with E-state index in [1.165, 1.54) is 0 Å². The van der Waals surface area contributed by atoms with Crippen molar-refractivity contribution in [2.75, 3.05) is 6.61 Å². The first-order chi connectivity index (χ1) is 7.19. The predicted molar refractivity (Wildman–Crippen MR) is 61.4 cm³/mol. The summed E-state index contributed by atoms with van der Waals surface area (Å²) in [4.78, 5) is 11.9. The van der Waals surface area contributed by atoms with Gasteiger partial charge in [0.15, 0.2) is 5.78 Å². The molecule has 0 saturated heterocycles. The number of carbonyl (C=O) groups is 1. The third-order valence-electron chi connectivity index (χ3n) is 2.49. The maximum absolute atomic E-state index is 11.9. The highest BCUT2D eigenvalue weighted by atomic mass is 16.5. The van der Waals surface area contributed by atoms with Gasteiger partial charge in [0, 0.05) is 11.5 Å². The summed E-state index contributed by atoms with van der Waals surface area (Å²) in [5.41, 5.74) is 0.746. The Morgan fingerprint density at radius 2 is 2.13 bits per heavy atom. The number of hydrogen-bond acceptors (Lipinski definition) is 2. The van der Waals surface area contributed by atoms with Gasteiger partial charge in [-0.15, -0.1) is 0 Å². The molecule has 1 atom stereocenters. The number of Topliss-reactive ketones (excluding diaryl/α,β-unsaturated/α-hetero) is 1. The van der Waals surface area contributed by atoms with Crippen molar-refractivity contribution in [3.63, 3.8) is 0 Å². The summed E-state index contributed by atoms with van der Waals surface area (Å²) >= 11 is 0. The largest absolute Gasteiger partial charge is 0.494 e. The van der Waals surface area contributed by atoms with E-state index in [0.29, 0.717) is 6.61 Å². The molecule has 0 heterocycles. The van der Waals surface area contributed by atoms with Crippen LogP contribution in [0, 0.1) is 5.92 Å². The highest BCUT2D eigenvalue weighted by molar-refractivity contribution is 5.97. The van der Waals surface area contributed by atoms with Crippen LogP contribution in [-0.4, -0.2) is 12.4 Å². The molecule has 15 heavy (non-hydrogen) atoms. The van der Waals surface area contributed by atoms with Crippen molar-refractivity contribution >= 4 is 5.78 Å². The van der Waals surface area contributed by atoms with E-state index in [0.717, 1.165) is 17.7 Å². The van der Waals surface area contributed by atoms with E-state index in [1.54, 1.807) is 0 Å². The van der Waals surface area contributed by atoms with E-state index in [1.807, 2.05) is 45.0 Å². The summed E-state index contributed by atoms with van der Waals surface area (Å²) in [7, 11) is 0. The Hall–Kier alpha value is -1.31. The summed E-state index contributed by atoms with van der Waals surface area (Å²) in [6, 6.07) is 7.40. The molecule has 0 aliphatic carbocycles. The molecule has 0 aliphatic rings. The van der Waals surface area contributed by atoms with Crippen LogP contribution in [0.1, 0.15) is 37.6 Å². The average Bonchev–Trinajstić information content (AvgIpc) is 2.28. The second kappa shape index (κ2) is 5.54. The molecule has 2 heteroatoms. The molecule has 0 aromatic heterocycles. The van der Waals surface area contributed by atoms with Crippen LogP contribution in [0.2, 0.25) is 0 Å². The fourth-order valence-electron chi connectivity index (χ4n) is 1.38. The van der Waals surface area contributed by atoms with Gasteiger partial charge < -0.3 is 4.74 Å². The standard InChI is InChI=1S/C13H18O2/c1-4-10(3)13(14)11-7-6-8-12(9-11)15-5-2/h6-10H,4-5H2,1-3H3. The molecule has 0 fully saturated rings. The Bertz CT molecular complexity index is 331. The fourth-order valence-corrected chi connectivity index (χ4v) is 1.38. The summed E-state index contributed by atoms with van der Waals surface area (Å²) in [5, 5.41) is 0. The fraction of sp³-hybridized carbons (Fsp3) is 0.462. The van der Waals surface area contributed by atoms with E-state index < -0.39 is 0 Å². The number of ketones is 1. The van der Waals surface area contributed by atoms with Crippen molar-refractivity contribution in [3.8, 4) is 5.75 Å². The van der Waals surface area contributed by atoms with Crippen molar-refractivity contribution in [3.05, 3.63) is 29.8 Å². The van der Waals surface area contributed by atoms with Gasteiger partial charge in [0.1, 0.15) is 5.75 Å². The SMILES string of the molecule is CCOc1cccc(C(=O)C(C)CC)c1. The third-order valence-corrected chi connectivity index (χ3v) is 2.49. The number of ether oxygens (including phenoxy) is 1. The Kier molecular flexibility index (Phi) is 4.35. The Morgan fingerprint density at radius 1 is 1.40 bits per heavy atom. The van der Waals surface area contributed by atoms with Crippen LogP contribution in [0.15, 0.2) is 24.3 Å². The first kappa shape index (κ1) is 11.8. The van der Waals surface area contributed by atoms with Crippen molar-refractivity contribution in [2.45, 2.75) is 27.2 Å². The van der Waals surface area contributed by atoms with Gasteiger partial charge in [-0.1, -0.05) is 26.0 Å². The summed E-state index contributed by atoms with van der Waals surface area (Å²) in [5.74, 6) is 1.05. The smallest absolute Gasteiger partial charge is 0.165 e. The highest BCUT2D eigenvalue weighted by Gasteiger charge is 2.13. The Balaban J connectivity index is 2.85. The van der Waals surface area contributed by atoms with Crippen LogP contribution >= 0.6 is 0 Å². The van der Waals surface area contributed by atoms with E-state index in [9.17, 15) is 4.79 Å². The van der Waals surface area contributed by atoms with Gasteiger partial charge in [0.25, 0.3) is 0 Å². The summed E-state index contributed by atoms with van der Waals surface area (Å²) in [6.45, 7) is 6.54. The number of hydrogen-bond donors (Lipinski definition) is 0. The quantitative estimate of drug-likeness (QED) is 0.691. The van der Waals surface area contributed by atoms with E-state index in [-0.39, 0.29) is 11.7 Å². The van der Waals surface area contributed by atoms with Crippen molar-refractivity contribution < 1.29 is 9.53 Å². The van der Waals surface area contributed by atoms with Crippen LogP contribution in [-0.2, 0) is 0 Å². The molecule has 0 N–H and O–H groups in total. The lowest BCUT2D eigenvalue weighted by atomic mass is 9.97. The number of rotatable bonds is 5. The zero-order valence-corrected chi connectivity index (χ0v) is 9.62. The molecule has 0 spiro atoms. The maximum atomic E-state index is 11.9. The van der Waals surface area contributed by atoms with E-state index >= 15 is 0 Å². The molecule has 1 aromatic rings. The molecule has 1 unspecified atom stereocenters. The monoisotopic (exact) mass is 206 g/mol. The number of benzene rings is 1. The van der Waals surface area contributed by atoms with Crippen molar-refractivity contribution in [1.82, 2.24) is 0 Å². The topological polar surface area (TPSA) is 26.3 Å². The van der Waals surface area contributed by atoms with Crippen molar-refractivity contribution in [1.29, 1.82) is 0 Å². The lowest BCUT2D eigenvalue weighted by Gasteiger charge is -2.09. The predicted octanol–water partition coefficient (Wildman–Crippen LogP) is 3.31. The first-order valence-electron chi connectivity index (χ1n) is 5.46. The number of carbonyl (C=O) groups excluding carboxylic acids is 1. The van der Waals surface area contributed by atoms with Crippen LogP contribution in [0.5, 0.6) is 5.75 Å². The minimum atomic E-state index is 0.0851. The molecule has 0 amide bonds. The van der Waals surface area contributed by atoms with Gasteiger partial charge in [-0.25, -0.2) is 0 Å². The molecule has 0 bridgehead atoms. The summed E-state index contributed by atoms with van der Waals surface area (Å²) < 4.78 is 5.36. The molecule has 1 aromatic carbocycles. The van der Waals surface area contributed by atoms with Crippen LogP contribution in [0.4, 0.5) is 0 Å². The molecular weight excluding hydrogens is 188 g/mol. The van der Waals surface area contributed by atoms with Crippen LogP contribution in [0.25, 0.3) is 0 Å². The lowest BCUT2D eigenvalue weighted by Crippen LogP contribution is -2.10. The molecule has 0 saturated carbocycles. The molecular formula is C13H18O2. The molecule has 2 nitrogen and oxygen atoms in total. The lowest BCUT2D eigenvalue weighted by molar-refractivity contribution is 0.0927. The van der Waals surface area contributed by atoms with Gasteiger partial charge in [-0.05, 0) is 25.5 Å². The van der Waals surface area contributed by atoms with Gasteiger partial charge in [0.05, 0.1) is 6.61 Å². The zero-order valence-electron chi connectivity index (χ0n) is 9.62. The van der Waals surface area contributed by atoms with Gasteiger partial charge in [-0.2, -0.15) is 0 Å². The molecule has 0 radical (unpaired) electrons. The first-order valence-corrected chi connectivity index (χ1v) is 5.46. The zero-order chi connectivity index (χ0) is 11.3. The minimum absolute atomic E-state index is 0.0851. The average molecular weight is 206 g/mol. The van der Waals surface area contributed by atoms with E-state index in [2.05, 4.69) is 0 Å². The Morgan fingerprint density at radius 3 is 2.73 bits per heavy atom. The van der Waals surface area contributed by atoms with Crippen LogP contribution < -0.4 is 4.74 Å². The van der Waals surface area contributed by atoms with E-state index in [4.69, 9.17) is 4.74 Å². The second-order valence-corrected chi connectivity index (χ2v) is 3.63. The maximum Gasteiger partial charge on any atom is 0.165 e. The normalized spacial score (nSPS) is 12.2. The molecule has 82 valence electrons. The highest BCUT2D eigenvalue weighted by Crippen LogP contribution is 2.17. The molecule has 1 rings (SSSR count). The Labute approximate surface area is 91.3 Å². The van der Waals surface area contributed by atoms with Gasteiger partial charge in [-0.3, -0.25) is 4.79 Å². The third kappa shape index (κ3) is 3.08. The summed E-state index contributed by atoms with van der Waals surface area (Å²) in [6.07, 6.45) is 0.873. The van der Waals surface area contributed by atoms with Crippen molar-refractivity contribution in [2.24, 2.45) is 5.92 Å². The van der Waals surface area contributed by atoms with Gasteiger partial charge in [0.2, 0.25) is 0 Å². The molecule has 0 aliphatic heterocycles. The second-order valence-electron chi connectivity index (χ2n) is 3.63. The minimum Gasteiger partial charge on any atom is -0.494 e. The van der Waals surface area contributed by atoms with Crippen LogP contribution in [0.3, 0.4) is 0 Å². The van der Waals surface area contributed by atoms with Gasteiger partial charge >= 0.3 is 0 Å².